The maximum atomic E-state index is 6.04. The van der Waals surface area contributed by atoms with Gasteiger partial charge in [-0.3, -0.25) is 4.99 Å². The molecule has 3 rings (SSSR count). The molecule has 0 amide bonds. The van der Waals surface area contributed by atoms with Gasteiger partial charge in [-0.05, 0) is 77.7 Å². The van der Waals surface area contributed by atoms with Crippen LogP contribution in [0.15, 0.2) is 88.9 Å². The Morgan fingerprint density at radius 1 is 1.00 bits per heavy atom. The van der Waals surface area contributed by atoms with E-state index in [9.17, 15) is 0 Å². The van der Waals surface area contributed by atoms with Gasteiger partial charge >= 0.3 is 0 Å². The molecule has 0 bridgehead atoms. The molecule has 28 heavy (non-hydrogen) atoms. The Balaban J connectivity index is 1.72. The zero-order chi connectivity index (χ0) is 19.8. The Morgan fingerprint density at radius 2 is 1.75 bits per heavy atom. The van der Waals surface area contributed by atoms with E-state index < -0.39 is 0 Å². The number of hydrogen-bond donors (Lipinski definition) is 0. The lowest BCUT2D eigenvalue weighted by Gasteiger charge is -2.11. The third kappa shape index (κ3) is 5.57. The van der Waals surface area contributed by atoms with Crippen LogP contribution < -0.4 is 9.47 Å². The van der Waals surface area contributed by atoms with Crippen LogP contribution in [0.1, 0.15) is 16.7 Å². The van der Waals surface area contributed by atoms with Crippen LogP contribution in [0.2, 0.25) is 0 Å². The highest BCUT2D eigenvalue weighted by atomic mass is 79.9. The number of benzene rings is 3. The third-order valence-electron chi connectivity index (χ3n) is 4.19. The lowest BCUT2D eigenvalue weighted by Crippen LogP contribution is -1.99. The highest BCUT2D eigenvalue weighted by Gasteiger charge is 2.05. The van der Waals surface area contributed by atoms with E-state index in [0.717, 1.165) is 44.8 Å². The summed E-state index contributed by atoms with van der Waals surface area (Å²) in [5, 5.41) is 0. The molecular formula is C24H22BrNO2. The van der Waals surface area contributed by atoms with Crippen LogP contribution in [0.25, 0.3) is 0 Å². The number of aliphatic imine (C=N–C) groups is 1. The summed E-state index contributed by atoms with van der Waals surface area (Å²) in [6.07, 6.45) is 4.47. The Bertz CT molecular complexity index is 947. The quantitative estimate of drug-likeness (QED) is 0.298. The number of methoxy groups -OCH3 is 1. The van der Waals surface area contributed by atoms with Gasteiger partial charge in [-0.15, -0.1) is 6.58 Å². The normalized spacial score (nSPS) is 10.8. The molecule has 0 heterocycles. The summed E-state index contributed by atoms with van der Waals surface area (Å²) >= 11 is 3.45. The summed E-state index contributed by atoms with van der Waals surface area (Å²) in [6.45, 7) is 4.38. The molecular weight excluding hydrogens is 414 g/mol. The Kier molecular flexibility index (Phi) is 7.04. The van der Waals surface area contributed by atoms with Gasteiger partial charge in [-0.25, -0.2) is 0 Å². The van der Waals surface area contributed by atoms with E-state index in [1.54, 1.807) is 7.11 Å². The van der Waals surface area contributed by atoms with Crippen LogP contribution in [0.4, 0.5) is 5.69 Å². The largest absolute Gasteiger partial charge is 0.497 e. The van der Waals surface area contributed by atoms with Crippen molar-refractivity contribution in [2.45, 2.75) is 13.0 Å². The molecule has 0 saturated heterocycles. The predicted octanol–water partition coefficient (Wildman–Crippen LogP) is 6.52. The van der Waals surface area contributed by atoms with E-state index in [0.29, 0.717) is 6.61 Å². The van der Waals surface area contributed by atoms with E-state index in [1.165, 1.54) is 0 Å². The molecule has 0 fully saturated rings. The summed E-state index contributed by atoms with van der Waals surface area (Å²) in [5.41, 5.74) is 4.11. The maximum Gasteiger partial charge on any atom is 0.123 e. The number of rotatable bonds is 8. The molecule has 3 aromatic carbocycles. The highest BCUT2D eigenvalue weighted by molar-refractivity contribution is 9.10. The molecule has 0 aliphatic carbocycles. The zero-order valence-electron chi connectivity index (χ0n) is 15.8. The van der Waals surface area contributed by atoms with Gasteiger partial charge in [0.25, 0.3) is 0 Å². The first kappa shape index (κ1) is 19.9. The average molecular weight is 436 g/mol. The minimum Gasteiger partial charge on any atom is -0.497 e. The molecule has 0 spiro atoms. The first-order chi connectivity index (χ1) is 13.7. The van der Waals surface area contributed by atoms with Crippen LogP contribution in [0.5, 0.6) is 11.5 Å². The average Bonchev–Trinajstić information content (AvgIpc) is 2.73. The minimum absolute atomic E-state index is 0.525. The molecule has 4 heteroatoms. The van der Waals surface area contributed by atoms with E-state index >= 15 is 0 Å². The molecule has 142 valence electrons. The maximum absolute atomic E-state index is 6.04. The number of nitrogens with zero attached hydrogens (tertiary/aromatic N) is 1. The van der Waals surface area contributed by atoms with Crippen molar-refractivity contribution in [3.8, 4) is 11.5 Å². The first-order valence-electron chi connectivity index (χ1n) is 8.97. The molecule has 0 atom stereocenters. The SMILES string of the molecule is C=CCc1cc(C=Nc2ccc(OC)cc2)ccc1OCc1ccc(Br)cc1. The van der Waals surface area contributed by atoms with Crippen molar-refractivity contribution in [2.24, 2.45) is 4.99 Å². The predicted molar refractivity (Wildman–Crippen MR) is 119 cm³/mol. The smallest absolute Gasteiger partial charge is 0.123 e. The van der Waals surface area contributed by atoms with Gasteiger partial charge in [0.15, 0.2) is 0 Å². The molecule has 3 nitrogen and oxygen atoms in total. The van der Waals surface area contributed by atoms with Crippen LogP contribution in [-0.4, -0.2) is 13.3 Å². The van der Waals surface area contributed by atoms with Gasteiger partial charge in [0.1, 0.15) is 18.1 Å². The van der Waals surface area contributed by atoms with Gasteiger partial charge in [0, 0.05) is 10.7 Å². The minimum atomic E-state index is 0.525. The molecule has 0 aliphatic heterocycles. The second-order valence-corrected chi connectivity index (χ2v) is 7.15. The van der Waals surface area contributed by atoms with Crippen molar-refractivity contribution in [3.05, 3.63) is 101 Å². The van der Waals surface area contributed by atoms with Gasteiger partial charge in [0.2, 0.25) is 0 Å². The Labute approximate surface area is 174 Å². The van der Waals surface area contributed by atoms with Crippen molar-refractivity contribution in [3.63, 3.8) is 0 Å². The molecule has 0 N–H and O–H groups in total. The Hall–Kier alpha value is -2.85. The molecule has 0 unspecified atom stereocenters. The van der Waals surface area contributed by atoms with Gasteiger partial charge in [0.05, 0.1) is 12.8 Å². The van der Waals surface area contributed by atoms with E-state index in [-0.39, 0.29) is 0 Å². The Morgan fingerprint density at radius 3 is 2.43 bits per heavy atom. The lowest BCUT2D eigenvalue weighted by molar-refractivity contribution is 0.303. The summed E-state index contributed by atoms with van der Waals surface area (Å²) in [7, 11) is 1.65. The third-order valence-corrected chi connectivity index (χ3v) is 4.72. The van der Waals surface area contributed by atoms with Crippen molar-refractivity contribution < 1.29 is 9.47 Å². The molecule has 0 saturated carbocycles. The number of hydrogen-bond acceptors (Lipinski definition) is 3. The van der Waals surface area contributed by atoms with Gasteiger partial charge in [-0.1, -0.05) is 34.1 Å². The highest BCUT2D eigenvalue weighted by Crippen LogP contribution is 2.23. The number of ether oxygens (including phenoxy) is 2. The van der Waals surface area contributed by atoms with E-state index in [1.807, 2.05) is 73.0 Å². The second-order valence-electron chi connectivity index (χ2n) is 6.23. The number of allylic oxidation sites excluding steroid dienone is 1. The van der Waals surface area contributed by atoms with E-state index in [2.05, 4.69) is 33.6 Å². The second kappa shape index (κ2) is 9.90. The van der Waals surface area contributed by atoms with Crippen molar-refractivity contribution >= 4 is 27.8 Å². The van der Waals surface area contributed by atoms with Crippen molar-refractivity contribution in [1.29, 1.82) is 0 Å². The number of halogens is 1. The van der Waals surface area contributed by atoms with Gasteiger partial charge in [-0.2, -0.15) is 0 Å². The monoisotopic (exact) mass is 435 g/mol. The summed E-state index contributed by atoms with van der Waals surface area (Å²) in [6, 6.07) is 21.9. The fourth-order valence-electron chi connectivity index (χ4n) is 2.69. The fourth-order valence-corrected chi connectivity index (χ4v) is 2.96. The molecule has 0 aromatic heterocycles. The molecule has 0 radical (unpaired) electrons. The van der Waals surface area contributed by atoms with Crippen LogP contribution in [0.3, 0.4) is 0 Å². The van der Waals surface area contributed by atoms with Crippen molar-refractivity contribution in [2.75, 3.05) is 7.11 Å². The topological polar surface area (TPSA) is 30.8 Å². The standard InChI is InChI=1S/C24H22BrNO2/c1-3-4-20-15-19(16-26-22-10-12-23(27-2)13-11-22)7-14-24(20)28-17-18-5-8-21(25)9-6-18/h3,5-16H,1,4,17H2,2H3. The fraction of sp³-hybridized carbons (Fsp3) is 0.125. The first-order valence-corrected chi connectivity index (χ1v) is 9.76. The van der Waals surface area contributed by atoms with Crippen molar-refractivity contribution in [1.82, 2.24) is 0 Å². The summed E-state index contributed by atoms with van der Waals surface area (Å²) in [4.78, 5) is 4.53. The van der Waals surface area contributed by atoms with E-state index in [4.69, 9.17) is 9.47 Å². The van der Waals surface area contributed by atoms with Crippen LogP contribution in [0, 0.1) is 0 Å². The summed E-state index contributed by atoms with van der Waals surface area (Å²) in [5.74, 6) is 1.68. The molecule has 0 aliphatic rings. The lowest BCUT2D eigenvalue weighted by atomic mass is 10.1. The summed E-state index contributed by atoms with van der Waals surface area (Å²) < 4.78 is 12.3. The van der Waals surface area contributed by atoms with Crippen LogP contribution in [-0.2, 0) is 13.0 Å². The molecule has 3 aromatic rings. The van der Waals surface area contributed by atoms with Gasteiger partial charge < -0.3 is 9.47 Å². The van der Waals surface area contributed by atoms with Crippen LogP contribution >= 0.6 is 15.9 Å². The zero-order valence-corrected chi connectivity index (χ0v) is 17.4.